The van der Waals surface area contributed by atoms with Crippen molar-refractivity contribution in [3.63, 3.8) is 0 Å². The highest BCUT2D eigenvalue weighted by Gasteiger charge is 2.34. The lowest BCUT2D eigenvalue weighted by molar-refractivity contribution is -0.142. The highest BCUT2D eigenvalue weighted by Crippen LogP contribution is 2.13. The summed E-state index contributed by atoms with van der Waals surface area (Å²) in [6.45, 7) is 2.67. The number of hydrogen-bond donors (Lipinski definition) is 3. The average molecular weight is 304 g/mol. The number of carboxylic acids is 1. The number of carboxylic acid groups (broad SMARTS) is 1. The topological polar surface area (TPSA) is 106 Å². The van der Waals surface area contributed by atoms with Crippen LogP contribution in [0.5, 0.6) is 0 Å². The summed E-state index contributed by atoms with van der Waals surface area (Å²) < 4.78 is 15.2. The summed E-state index contributed by atoms with van der Waals surface area (Å²) in [5.41, 5.74) is 0. The van der Waals surface area contributed by atoms with E-state index in [0.717, 1.165) is 12.8 Å². The lowest BCUT2D eigenvalue weighted by Crippen LogP contribution is -2.47. The van der Waals surface area contributed by atoms with Gasteiger partial charge in [0.15, 0.2) is 0 Å². The number of nitrogens with one attached hydrogen (secondary N) is 2. The largest absolute Gasteiger partial charge is 0.481 e. The molecule has 1 aliphatic rings. The molecule has 0 aliphatic carbocycles. The van der Waals surface area contributed by atoms with Crippen molar-refractivity contribution in [2.75, 3.05) is 46.7 Å². The first-order valence-electron chi connectivity index (χ1n) is 7.06. The quantitative estimate of drug-likeness (QED) is 0.484. The van der Waals surface area contributed by atoms with Gasteiger partial charge in [-0.2, -0.15) is 0 Å². The molecule has 2 amide bonds. The van der Waals surface area contributed by atoms with Gasteiger partial charge in [0.2, 0.25) is 0 Å². The van der Waals surface area contributed by atoms with Gasteiger partial charge in [0.05, 0.1) is 32.5 Å². The van der Waals surface area contributed by atoms with Crippen LogP contribution in [0.3, 0.4) is 0 Å². The first-order valence-corrected chi connectivity index (χ1v) is 7.06. The molecule has 0 aromatic heterocycles. The Kier molecular flexibility index (Phi) is 8.72. The van der Waals surface area contributed by atoms with Gasteiger partial charge in [0.1, 0.15) is 5.92 Å². The van der Waals surface area contributed by atoms with E-state index in [0.29, 0.717) is 26.4 Å². The highest BCUT2D eigenvalue weighted by molar-refractivity contribution is 5.77. The maximum atomic E-state index is 11.6. The van der Waals surface area contributed by atoms with E-state index in [1.165, 1.54) is 0 Å². The molecule has 0 aromatic carbocycles. The smallest absolute Gasteiger partial charge is 0.315 e. The number of hydrogen-bond acceptors (Lipinski definition) is 5. The zero-order chi connectivity index (χ0) is 15.5. The van der Waals surface area contributed by atoms with E-state index >= 15 is 0 Å². The number of aliphatic carboxylic acids is 1. The predicted octanol–water partition coefficient (Wildman–Crippen LogP) is -0.172. The Hall–Kier alpha value is -1.38. The summed E-state index contributed by atoms with van der Waals surface area (Å²) in [4.78, 5) is 22.5. The number of carbonyl (C=O) groups is 2. The van der Waals surface area contributed by atoms with Crippen LogP contribution in [-0.2, 0) is 19.0 Å². The number of unbranched alkanes of at least 4 members (excludes halogenated alkanes) is 1. The van der Waals surface area contributed by atoms with Gasteiger partial charge in [-0.3, -0.25) is 4.79 Å². The summed E-state index contributed by atoms with van der Waals surface area (Å²) in [6.07, 6.45) is 1.64. The fraction of sp³-hybridized carbons (Fsp3) is 0.846. The number of carbonyl (C=O) groups excluding carboxylic acids is 1. The van der Waals surface area contributed by atoms with Gasteiger partial charge in [-0.25, -0.2) is 4.79 Å². The summed E-state index contributed by atoms with van der Waals surface area (Å²) in [5, 5.41) is 14.3. The van der Waals surface area contributed by atoms with Crippen LogP contribution in [0.25, 0.3) is 0 Å². The predicted molar refractivity (Wildman–Crippen MR) is 74.2 cm³/mol. The van der Waals surface area contributed by atoms with Gasteiger partial charge in [-0.1, -0.05) is 0 Å². The third-order valence-electron chi connectivity index (χ3n) is 3.15. The van der Waals surface area contributed by atoms with Crippen molar-refractivity contribution in [1.29, 1.82) is 0 Å². The fourth-order valence-corrected chi connectivity index (χ4v) is 1.93. The van der Waals surface area contributed by atoms with Crippen molar-refractivity contribution >= 4 is 12.0 Å². The molecule has 3 N–H and O–H groups in total. The molecule has 8 nitrogen and oxygen atoms in total. The van der Waals surface area contributed by atoms with E-state index in [1.807, 2.05) is 0 Å². The Bertz CT molecular complexity index is 326. The van der Waals surface area contributed by atoms with Gasteiger partial charge in [0, 0.05) is 20.3 Å². The van der Waals surface area contributed by atoms with Crippen LogP contribution in [0.2, 0.25) is 0 Å². The summed E-state index contributed by atoms with van der Waals surface area (Å²) in [7, 11) is 1.62. The average Bonchev–Trinajstić information content (AvgIpc) is 2.90. The minimum Gasteiger partial charge on any atom is -0.481 e. The Morgan fingerprint density at radius 1 is 1.24 bits per heavy atom. The van der Waals surface area contributed by atoms with Crippen molar-refractivity contribution in [2.24, 2.45) is 5.92 Å². The van der Waals surface area contributed by atoms with Crippen LogP contribution >= 0.6 is 0 Å². The van der Waals surface area contributed by atoms with E-state index < -0.39 is 17.9 Å². The monoisotopic (exact) mass is 304 g/mol. The maximum Gasteiger partial charge on any atom is 0.315 e. The van der Waals surface area contributed by atoms with E-state index in [-0.39, 0.29) is 19.2 Å². The summed E-state index contributed by atoms with van der Waals surface area (Å²) >= 11 is 0. The van der Waals surface area contributed by atoms with E-state index in [1.54, 1.807) is 7.11 Å². The summed E-state index contributed by atoms with van der Waals surface area (Å²) in [5.74, 6) is -1.63. The molecule has 1 rings (SSSR count). The first kappa shape index (κ1) is 17.7. The standard InChI is InChI=1S/C13H24N2O6/c1-19-6-7-20-5-3-2-4-14-13(18)15-11-9-21-8-10(11)12(16)17/h10-11H,2-9H2,1H3,(H,16,17)(H2,14,15,18). The van der Waals surface area contributed by atoms with Crippen LogP contribution in [0, 0.1) is 5.92 Å². The van der Waals surface area contributed by atoms with Crippen molar-refractivity contribution in [2.45, 2.75) is 18.9 Å². The summed E-state index contributed by atoms with van der Waals surface area (Å²) in [6, 6.07) is -0.836. The molecule has 21 heavy (non-hydrogen) atoms. The number of methoxy groups -OCH3 is 1. The zero-order valence-corrected chi connectivity index (χ0v) is 12.3. The third-order valence-corrected chi connectivity index (χ3v) is 3.15. The molecule has 0 spiro atoms. The van der Waals surface area contributed by atoms with Crippen molar-refractivity contribution in [1.82, 2.24) is 10.6 Å². The molecule has 122 valence electrons. The molecule has 1 aliphatic heterocycles. The Labute approximate surface area is 124 Å². The molecule has 1 heterocycles. The molecule has 2 atom stereocenters. The van der Waals surface area contributed by atoms with Crippen LogP contribution in [-0.4, -0.2) is 69.8 Å². The van der Waals surface area contributed by atoms with Crippen molar-refractivity contribution in [3.8, 4) is 0 Å². The lowest BCUT2D eigenvalue weighted by atomic mass is 10.0. The van der Waals surface area contributed by atoms with Crippen molar-refractivity contribution in [3.05, 3.63) is 0 Å². The van der Waals surface area contributed by atoms with Crippen molar-refractivity contribution < 1.29 is 28.9 Å². The second-order valence-electron chi connectivity index (χ2n) is 4.80. The molecule has 1 saturated heterocycles. The normalized spacial score (nSPS) is 21.2. The van der Waals surface area contributed by atoms with E-state index in [4.69, 9.17) is 19.3 Å². The van der Waals surface area contributed by atoms with Crippen LogP contribution in [0.15, 0.2) is 0 Å². The molecule has 0 radical (unpaired) electrons. The zero-order valence-electron chi connectivity index (χ0n) is 12.3. The molecule has 2 unspecified atom stereocenters. The first-order chi connectivity index (χ1) is 10.1. The van der Waals surface area contributed by atoms with Gasteiger partial charge in [0.25, 0.3) is 0 Å². The SMILES string of the molecule is COCCOCCCCNC(=O)NC1COCC1C(=O)O. The molecule has 8 heteroatoms. The highest BCUT2D eigenvalue weighted by atomic mass is 16.5. The minimum absolute atomic E-state index is 0.138. The molecule has 0 aromatic rings. The number of urea groups is 1. The number of rotatable bonds is 10. The van der Waals surface area contributed by atoms with Gasteiger partial charge < -0.3 is 30.0 Å². The second kappa shape index (κ2) is 10.4. The van der Waals surface area contributed by atoms with Crippen LogP contribution in [0.4, 0.5) is 4.79 Å². The van der Waals surface area contributed by atoms with Crippen LogP contribution in [0.1, 0.15) is 12.8 Å². The second-order valence-corrected chi connectivity index (χ2v) is 4.80. The van der Waals surface area contributed by atoms with E-state index in [9.17, 15) is 9.59 Å². The minimum atomic E-state index is -0.953. The Morgan fingerprint density at radius 2 is 2.05 bits per heavy atom. The Balaban J connectivity index is 2.02. The third kappa shape index (κ3) is 7.26. The maximum absolute atomic E-state index is 11.6. The van der Waals surface area contributed by atoms with E-state index in [2.05, 4.69) is 10.6 Å². The lowest BCUT2D eigenvalue weighted by Gasteiger charge is -2.16. The fourth-order valence-electron chi connectivity index (χ4n) is 1.93. The van der Waals surface area contributed by atoms with Gasteiger partial charge in [-0.15, -0.1) is 0 Å². The van der Waals surface area contributed by atoms with Crippen LogP contribution < -0.4 is 10.6 Å². The molecule has 0 bridgehead atoms. The Morgan fingerprint density at radius 3 is 2.76 bits per heavy atom. The molecule has 1 fully saturated rings. The molecule has 0 saturated carbocycles. The van der Waals surface area contributed by atoms with Gasteiger partial charge in [-0.05, 0) is 12.8 Å². The molecular weight excluding hydrogens is 280 g/mol. The number of ether oxygens (including phenoxy) is 3. The molecular formula is C13H24N2O6. The van der Waals surface area contributed by atoms with Gasteiger partial charge >= 0.3 is 12.0 Å². The number of amides is 2.